The Bertz CT molecular complexity index is 870. The predicted octanol–water partition coefficient (Wildman–Crippen LogP) is 3.40. The molecule has 1 amide bonds. The molecule has 0 saturated carbocycles. The van der Waals surface area contributed by atoms with Crippen molar-refractivity contribution in [3.8, 4) is 5.75 Å². The Hall–Kier alpha value is -3.21. The molecule has 0 atom stereocenters. The number of amides is 1. The van der Waals surface area contributed by atoms with Crippen LogP contribution in [0, 0.1) is 0 Å². The normalized spacial score (nSPS) is 11.8. The van der Waals surface area contributed by atoms with E-state index in [9.17, 15) is 9.90 Å². The number of fused-ring (bicyclic) bond motifs is 1. The van der Waals surface area contributed by atoms with Gasteiger partial charge in [-0.05, 0) is 42.5 Å². The van der Waals surface area contributed by atoms with Crippen molar-refractivity contribution in [2.24, 2.45) is 5.73 Å². The van der Waals surface area contributed by atoms with Gasteiger partial charge in [0, 0.05) is 22.6 Å². The molecule has 2 aromatic heterocycles. The standard InChI is InChI=1S/C17H13NO4/c18-17(20)6-3-13-14-9-12(19)2-5-16(14)22-15(13)4-1-11-7-8-21-10-11/h1-10,19H,(H2,18,20)/b4-1+,6-3-. The topological polar surface area (TPSA) is 89.6 Å². The second-order valence-corrected chi connectivity index (χ2v) is 4.69. The van der Waals surface area contributed by atoms with Crippen LogP contribution in [0.5, 0.6) is 5.75 Å². The number of hydrogen-bond donors (Lipinski definition) is 2. The Kier molecular flexibility index (Phi) is 3.53. The van der Waals surface area contributed by atoms with Gasteiger partial charge in [-0.3, -0.25) is 4.79 Å². The first-order valence-corrected chi connectivity index (χ1v) is 6.57. The van der Waals surface area contributed by atoms with E-state index < -0.39 is 5.91 Å². The van der Waals surface area contributed by atoms with Gasteiger partial charge in [0.15, 0.2) is 0 Å². The van der Waals surface area contributed by atoms with E-state index in [1.807, 2.05) is 12.1 Å². The number of phenols is 1. The van der Waals surface area contributed by atoms with Crippen molar-refractivity contribution in [3.05, 3.63) is 59.8 Å². The van der Waals surface area contributed by atoms with Crippen LogP contribution in [0.3, 0.4) is 0 Å². The third kappa shape index (κ3) is 2.78. The Morgan fingerprint density at radius 1 is 1.18 bits per heavy atom. The zero-order valence-corrected chi connectivity index (χ0v) is 11.5. The molecule has 22 heavy (non-hydrogen) atoms. The van der Waals surface area contributed by atoms with Gasteiger partial charge in [0.05, 0.1) is 12.5 Å². The minimum atomic E-state index is -0.556. The van der Waals surface area contributed by atoms with Crippen LogP contribution in [0.15, 0.2) is 51.7 Å². The molecule has 1 aromatic carbocycles. The molecule has 0 aliphatic heterocycles. The van der Waals surface area contributed by atoms with Gasteiger partial charge in [-0.25, -0.2) is 0 Å². The van der Waals surface area contributed by atoms with Crippen LogP contribution >= 0.6 is 0 Å². The van der Waals surface area contributed by atoms with E-state index in [2.05, 4.69) is 0 Å². The highest BCUT2D eigenvalue weighted by atomic mass is 16.3. The molecule has 0 aliphatic rings. The van der Waals surface area contributed by atoms with Crippen LogP contribution in [0.2, 0.25) is 0 Å². The summed E-state index contributed by atoms with van der Waals surface area (Å²) in [5.41, 5.74) is 7.31. The lowest BCUT2D eigenvalue weighted by Crippen LogP contribution is -2.05. The summed E-state index contributed by atoms with van der Waals surface area (Å²) in [6.07, 6.45) is 9.59. The predicted molar refractivity (Wildman–Crippen MR) is 83.7 cm³/mol. The summed E-state index contributed by atoms with van der Waals surface area (Å²) in [6.45, 7) is 0. The van der Waals surface area contributed by atoms with Crippen LogP contribution < -0.4 is 5.73 Å². The fraction of sp³-hybridized carbons (Fsp3) is 0. The molecule has 3 rings (SSSR count). The molecule has 0 radical (unpaired) electrons. The van der Waals surface area contributed by atoms with Gasteiger partial charge >= 0.3 is 0 Å². The Morgan fingerprint density at radius 2 is 2.05 bits per heavy atom. The van der Waals surface area contributed by atoms with Crippen LogP contribution in [0.1, 0.15) is 16.9 Å². The van der Waals surface area contributed by atoms with Gasteiger partial charge in [0.1, 0.15) is 17.1 Å². The number of rotatable bonds is 4. The molecule has 0 spiro atoms. The number of carbonyl (C=O) groups excluding carboxylic acids is 1. The van der Waals surface area contributed by atoms with Crippen molar-refractivity contribution in [2.75, 3.05) is 0 Å². The van der Waals surface area contributed by atoms with Crippen molar-refractivity contribution in [3.63, 3.8) is 0 Å². The smallest absolute Gasteiger partial charge is 0.241 e. The largest absolute Gasteiger partial charge is 0.508 e. The Balaban J connectivity index is 2.11. The van der Waals surface area contributed by atoms with E-state index >= 15 is 0 Å². The van der Waals surface area contributed by atoms with Gasteiger partial charge in [-0.1, -0.05) is 0 Å². The number of primary amides is 1. The highest BCUT2D eigenvalue weighted by molar-refractivity contribution is 5.97. The third-order valence-electron chi connectivity index (χ3n) is 3.12. The zero-order chi connectivity index (χ0) is 15.5. The number of carbonyl (C=O) groups is 1. The van der Waals surface area contributed by atoms with Crippen molar-refractivity contribution >= 4 is 35.1 Å². The molecular formula is C17H13NO4. The van der Waals surface area contributed by atoms with Crippen molar-refractivity contribution in [1.29, 1.82) is 0 Å². The minimum Gasteiger partial charge on any atom is -0.508 e. The first-order valence-electron chi connectivity index (χ1n) is 6.57. The van der Waals surface area contributed by atoms with Crippen LogP contribution in [-0.2, 0) is 4.79 Å². The van der Waals surface area contributed by atoms with E-state index in [4.69, 9.17) is 14.6 Å². The monoisotopic (exact) mass is 295 g/mol. The Labute approximate surface area is 125 Å². The van der Waals surface area contributed by atoms with E-state index in [1.165, 1.54) is 12.1 Å². The highest BCUT2D eigenvalue weighted by Gasteiger charge is 2.11. The number of phenolic OH excluding ortho intramolecular Hbond substituents is 1. The average Bonchev–Trinajstić information content (AvgIpc) is 3.10. The van der Waals surface area contributed by atoms with Crippen molar-refractivity contribution < 1.29 is 18.7 Å². The molecule has 3 N–H and O–H groups in total. The zero-order valence-electron chi connectivity index (χ0n) is 11.5. The van der Waals surface area contributed by atoms with E-state index in [0.717, 1.165) is 5.56 Å². The van der Waals surface area contributed by atoms with Crippen molar-refractivity contribution in [1.82, 2.24) is 0 Å². The van der Waals surface area contributed by atoms with Gasteiger partial charge < -0.3 is 19.7 Å². The van der Waals surface area contributed by atoms with E-state index in [1.54, 1.807) is 36.8 Å². The molecule has 3 aromatic rings. The number of nitrogens with two attached hydrogens (primary N) is 1. The minimum absolute atomic E-state index is 0.118. The first-order chi connectivity index (χ1) is 10.6. The van der Waals surface area contributed by atoms with Gasteiger partial charge in [-0.2, -0.15) is 0 Å². The quantitative estimate of drug-likeness (QED) is 0.722. The number of benzene rings is 1. The summed E-state index contributed by atoms with van der Waals surface area (Å²) in [4.78, 5) is 11.0. The van der Waals surface area contributed by atoms with Gasteiger partial charge in [-0.15, -0.1) is 0 Å². The summed E-state index contributed by atoms with van der Waals surface area (Å²) < 4.78 is 10.7. The van der Waals surface area contributed by atoms with Crippen molar-refractivity contribution in [2.45, 2.75) is 0 Å². The lowest BCUT2D eigenvalue weighted by Gasteiger charge is -1.93. The maximum atomic E-state index is 11.0. The fourth-order valence-electron chi connectivity index (χ4n) is 2.13. The number of aromatic hydroxyl groups is 1. The van der Waals surface area contributed by atoms with E-state index in [-0.39, 0.29) is 5.75 Å². The lowest BCUT2D eigenvalue weighted by molar-refractivity contribution is -0.113. The summed E-state index contributed by atoms with van der Waals surface area (Å²) in [5.74, 6) is 0.117. The number of hydrogen-bond acceptors (Lipinski definition) is 4. The highest BCUT2D eigenvalue weighted by Crippen LogP contribution is 2.31. The molecule has 5 nitrogen and oxygen atoms in total. The fourth-order valence-corrected chi connectivity index (χ4v) is 2.13. The van der Waals surface area contributed by atoms with Crippen LogP contribution in [0.25, 0.3) is 29.2 Å². The molecule has 0 bridgehead atoms. The molecule has 2 heterocycles. The molecule has 110 valence electrons. The molecule has 0 fully saturated rings. The summed E-state index contributed by atoms with van der Waals surface area (Å²) in [6, 6.07) is 6.59. The van der Waals surface area contributed by atoms with Crippen LogP contribution in [0.4, 0.5) is 0 Å². The maximum absolute atomic E-state index is 11.0. The molecule has 5 heteroatoms. The Morgan fingerprint density at radius 3 is 2.77 bits per heavy atom. The summed E-state index contributed by atoms with van der Waals surface area (Å²) >= 11 is 0. The average molecular weight is 295 g/mol. The first kappa shape index (κ1) is 13.8. The second-order valence-electron chi connectivity index (χ2n) is 4.69. The summed E-state index contributed by atoms with van der Waals surface area (Å²) in [5, 5.41) is 10.3. The SMILES string of the molecule is NC(=O)/C=C\c1c(/C=C/c2ccoc2)oc2ccc(O)cc12. The second kappa shape index (κ2) is 5.65. The molecular weight excluding hydrogens is 282 g/mol. The van der Waals surface area contributed by atoms with Crippen LogP contribution in [-0.4, -0.2) is 11.0 Å². The molecule has 0 unspecified atom stereocenters. The molecule has 0 saturated heterocycles. The van der Waals surface area contributed by atoms with Gasteiger partial charge in [0.2, 0.25) is 5.91 Å². The molecule has 0 aliphatic carbocycles. The summed E-state index contributed by atoms with van der Waals surface area (Å²) in [7, 11) is 0. The lowest BCUT2D eigenvalue weighted by atomic mass is 10.1. The third-order valence-corrected chi connectivity index (χ3v) is 3.12. The van der Waals surface area contributed by atoms with Gasteiger partial charge in [0.25, 0.3) is 0 Å². The number of furan rings is 2. The maximum Gasteiger partial charge on any atom is 0.241 e. The van der Waals surface area contributed by atoms with E-state index in [0.29, 0.717) is 22.3 Å².